The van der Waals surface area contributed by atoms with Crippen LogP contribution in [0.2, 0.25) is 0 Å². The number of carbonyl (C=O) groups excluding carboxylic acids is 1. The number of fused-ring (bicyclic) bond motifs is 1. The molecule has 3 rings (SSSR count). The normalized spacial score (nSPS) is 15.4. The number of piperidine rings is 1. The molecule has 1 aliphatic heterocycles. The number of amides is 1. The highest BCUT2D eigenvalue weighted by Gasteiger charge is 2.25. The highest BCUT2D eigenvalue weighted by Crippen LogP contribution is 2.33. The van der Waals surface area contributed by atoms with Gasteiger partial charge in [-0.05, 0) is 25.0 Å². The molecule has 0 aliphatic carbocycles. The molecule has 0 unspecified atom stereocenters. The second-order valence-electron chi connectivity index (χ2n) is 4.88. The first-order valence-electron chi connectivity index (χ1n) is 6.61. The molecule has 1 amide bonds. The van der Waals surface area contributed by atoms with E-state index < -0.39 is 0 Å². The number of hydrogen-bond acceptors (Lipinski definition) is 4. The Morgan fingerprint density at radius 1 is 1.29 bits per heavy atom. The molecule has 0 spiro atoms. The molecule has 1 aromatic carbocycles. The Morgan fingerprint density at radius 2 is 1.95 bits per heavy atom. The summed E-state index contributed by atoms with van der Waals surface area (Å²) >= 11 is 1.78. The summed E-state index contributed by atoms with van der Waals surface area (Å²) < 4.78 is 1.25. The van der Waals surface area contributed by atoms with Crippen molar-refractivity contribution in [3.63, 3.8) is 0 Å². The van der Waals surface area contributed by atoms with Gasteiger partial charge in [-0.3, -0.25) is 4.79 Å². The first-order chi connectivity index (χ1) is 9.28. The smallest absolute Gasteiger partial charge is 0.236 e. The van der Waals surface area contributed by atoms with E-state index in [1.807, 2.05) is 17.0 Å². The third kappa shape index (κ3) is 3.86. The third-order valence-corrected chi connectivity index (χ3v) is 4.88. The number of carbonyl (C=O) groups is 1. The van der Waals surface area contributed by atoms with Crippen LogP contribution in [0.4, 0.5) is 0 Å². The number of aromatic nitrogens is 1. The summed E-state index contributed by atoms with van der Waals surface area (Å²) in [5.74, 6) is 0.543. The summed E-state index contributed by atoms with van der Waals surface area (Å²) in [7, 11) is 0. The Kier molecular flexibility index (Phi) is 6.87. The molecule has 2 aromatic rings. The van der Waals surface area contributed by atoms with E-state index in [-0.39, 0.29) is 37.3 Å². The van der Waals surface area contributed by atoms with Gasteiger partial charge in [-0.25, -0.2) is 4.98 Å². The van der Waals surface area contributed by atoms with E-state index in [4.69, 9.17) is 10.7 Å². The van der Waals surface area contributed by atoms with Crippen LogP contribution in [0.1, 0.15) is 23.8 Å². The van der Waals surface area contributed by atoms with Crippen LogP contribution in [0.25, 0.3) is 10.2 Å². The lowest BCUT2D eigenvalue weighted by molar-refractivity contribution is -0.130. The average Bonchev–Trinajstić information content (AvgIpc) is 2.90. The van der Waals surface area contributed by atoms with E-state index in [9.17, 15) is 4.79 Å². The molecular formula is C14H19Cl2N3OS. The number of thiazole rings is 1. The standard InChI is InChI=1S/C14H17N3OS.2ClH/c15-9-13(18)17-7-5-10(6-8-17)14-16-11-3-1-2-4-12(11)19-14;;/h1-4,10H,5-9,15H2;2*1H. The molecule has 1 aromatic heterocycles. The van der Waals surface area contributed by atoms with Crippen molar-refractivity contribution >= 4 is 52.3 Å². The van der Waals surface area contributed by atoms with Crippen molar-refractivity contribution < 1.29 is 4.79 Å². The molecule has 0 radical (unpaired) electrons. The predicted octanol–water partition coefficient (Wildman–Crippen LogP) is 2.80. The van der Waals surface area contributed by atoms with Gasteiger partial charge >= 0.3 is 0 Å². The summed E-state index contributed by atoms with van der Waals surface area (Å²) in [6, 6.07) is 8.24. The lowest BCUT2D eigenvalue weighted by Crippen LogP contribution is -2.41. The van der Waals surface area contributed by atoms with Crippen molar-refractivity contribution in [3.05, 3.63) is 29.3 Å². The Morgan fingerprint density at radius 3 is 2.57 bits per heavy atom. The van der Waals surface area contributed by atoms with Gasteiger partial charge in [0.15, 0.2) is 0 Å². The van der Waals surface area contributed by atoms with Crippen LogP contribution >= 0.6 is 36.2 Å². The van der Waals surface area contributed by atoms with E-state index in [1.54, 1.807) is 11.3 Å². The van der Waals surface area contributed by atoms with Crippen LogP contribution in [-0.4, -0.2) is 35.4 Å². The Hall–Kier alpha value is -0.880. The van der Waals surface area contributed by atoms with Gasteiger partial charge in [0.05, 0.1) is 21.8 Å². The van der Waals surface area contributed by atoms with Crippen LogP contribution in [0.5, 0.6) is 0 Å². The zero-order valence-electron chi connectivity index (χ0n) is 11.5. The summed E-state index contributed by atoms with van der Waals surface area (Å²) in [6.07, 6.45) is 1.98. The van der Waals surface area contributed by atoms with Gasteiger partial charge < -0.3 is 10.6 Å². The number of rotatable bonds is 2. The van der Waals surface area contributed by atoms with Crippen LogP contribution in [0.3, 0.4) is 0 Å². The number of para-hydroxylation sites is 1. The number of benzene rings is 1. The molecule has 1 saturated heterocycles. The van der Waals surface area contributed by atoms with Crippen LogP contribution in [0, 0.1) is 0 Å². The van der Waals surface area contributed by atoms with Gasteiger partial charge in [0.1, 0.15) is 0 Å². The van der Waals surface area contributed by atoms with Crippen LogP contribution in [-0.2, 0) is 4.79 Å². The van der Waals surface area contributed by atoms with Crippen molar-refractivity contribution in [2.24, 2.45) is 5.73 Å². The zero-order valence-corrected chi connectivity index (χ0v) is 14.0. The quantitative estimate of drug-likeness (QED) is 0.908. The molecule has 116 valence electrons. The van der Waals surface area contributed by atoms with E-state index in [0.29, 0.717) is 5.92 Å². The first kappa shape index (κ1) is 18.2. The van der Waals surface area contributed by atoms with Gasteiger partial charge in [-0.15, -0.1) is 36.2 Å². The van der Waals surface area contributed by atoms with E-state index >= 15 is 0 Å². The predicted molar refractivity (Wildman–Crippen MR) is 91.7 cm³/mol. The highest BCUT2D eigenvalue weighted by atomic mass is 35.5. The topological polar surface area (TPSA) is 59.2 Å². The van der Waals surface area contributed by atoms with Crippen molar-refractivity contribution in [2.45, 2.75) is 18.8 Å². The average molecular weight is 348 g/mol. The van der Waals surface area contributed by atoms with E-state index in [1.165, 1.54) is 9.71 Å². The van der Waals surface area contributed by atoms with Gasteiger partial charge in [-0.2, -0.15) is 0 Å². The molecule has 21 heavy (non-hydrogen) atoms. The number of nitrogens with zero attached hydrogens (tertiary/aromatic N) is 2. The Labute approximate surface area is 140 Å². The van der Waals surface area contributed by atoms with E-state index in [0.717, 1.165) is 31.4 Å². The summed E-state index contributed by atoms with van der Waals surface area (Å²) in [4.78, 5) is 18.1. The molecule has 2 heterocycles. The number of halogens is 2. The van der Waals surface area contributed by atoms with Crippen LogP contribution in [0.15, 0.2) is 24.3 Å². The lowest BCUT2D eigenvalue weighted by atomic mass is 9.97. The molecule has 0 saturated carbocycles. The van der Waals surface area contributed by atoms with Crippen molar-refractivity contribution in [3.8, 4) is 0 Å². The zero-order chi connectivity index (χ0) is 13.2. The van der Waals surface area contributed by atoms with Crippen LogP contribution < -0.4 is 5.73 Å². The van der Waals surface area contributed by atoms with E-state index in [2.05, 4.69) is 12.1 Å². The number of nitrogens with two attached hydrogens (primary N) is 1. The lowest BCUT2D eigenvalue weighted by Gasteiger charge is -2.30. The summed E-state index contributed by atoms with van der Waals surface area (Å²) in [5, 5.41) is 1.21. The maximum Gasteiger partial charge on any atom is 0.236 e. The second-order valence-corrected chi connectivity index (χ2v) is 5.94. The fourth-order valence-corrected chi connectivity index (χ4v) is 3.71. The number of likely N-dealkylation sites (tertiary alicyclic amines) is 1. The maximum atomic E-state index is 11.5. The largest absolute Gasteiger partial charge is 0.342 e. The minimum atomic E-state index is 0. The Bertz CT molecular complexity index is 564. The molecule has 1 fully saturated rings. The van der Waals surface area contributed by atoms with Gasteiger partial charge in [0.2, 0.25) is 5.91 Å². The molecule has 0 bridgehead atoms. The minimum Gasteiger partial charge on any atom is -0.342 e. The fraction of sp³-hybridized carbons (Fsp3) is 0.429. The van der Waals surface area contributed by atoms with Crippen molar-refractivity contribution in [2.75, 3.05) is 19.6 Å². The minimum absolute atomic E-state index is 0. The SMILES string of the molecule is Cl.Cl.NCC(=O)N1CCC(c2nc3ccccc3s2)CC1. The van der Waals surface area contributed by atoms with Crippen molar-refractivity contribution in [1.29, 1.82) is 0 Å². The number of hydrogen-bond donors (Lipinski definition) is 1. The monoisotopic (exact) mass is 347 g/mol. The molecular weight excluding hydrogens is 329 g/mol. The summed E-state index contributed by atoms with van der Waals surface area (Å²) in [5.41, 5.74) is 6.48. The molecule has 1 aliphatic rings. The van der Waals surface area contributed by atoms with Crippen molar-refractivity contribution in [1.82, 2.24) is 9.88 Å². The maximum absolute atomic E-state index is 11.5. The van der Waals surface area contributed by atoms with Gasteiger partial charge in [0.25, 0.3) is 0 Å². The highest BCUT2D eigenvalue weighted by molar-refractivity contribution is 7.18. The Balaban J connectivity index is 0.00000110. The van der Waals surface area contributed by atoms with Gasteiger partial charge in [-0.1, -0.05) is 12.1 Å². The summed E-state index contributed by atoms with van der Waals surface area (Å²) in [6.45, 7) is 1.72. The molecule has 0 atom stereocenters. The molecule has 2 N–H and O–H groups in total. The second kappa shape index (κ2) is 7.94. The molecule has 7 heteroatoms. The fourth-order valence-electron chi connectivity index (χ4n) is 2.57. The van der Waals surface area contributed by atoms with Gasteiger partial charge in [0, 0.05) is 19.0 Å². The third-order valence-electron chi connectivity index (χ3n) is 3.68. The first-order valence-corrected chi connectivity index (χ1v) is 7.43. The molecule has 4 nitrogen and oxygen atoms in total.